The second kappa shape index (κ2) is 8.81. The maximum absolute atomic E-state index is 5.75. The van der Waals surface area contributed by atoms with Gasteiger partial charge in [0.2, 0.25) is 0 Å². The molecule has 0 atom stereocenters. The molecule has 0 fully saturated rings. The maximum Gasteiger partial charge on any atom is 0.161 e. The third-order valence-electron chi connectivity index (χ3n) is 2.71. The molecule has 3 heteroatoms. The molecular weight excluding hydrogens is 238 g/mol. The van der Waals surface area contributed by atoms with Crippen LogP contribution < -0.4 is 14.8 Å². The molecule has 108 valence electrons. The Balaban J connectivity index is 2.66. The van der Waals surface area contributed by atoms with Gasteiger partial charge in [0.25, 0.3) is 0 Å². The summed E-state index contributed by atoms with van der Waals surface area (Å²) in [6, 6.07) is 6.17. The Morgan fingerprint density at radius 1 is 1.16 bits per heavy atom. The average molecular weight is 265 g/mol. The van der Waals surface area contributed by atoms with E-state index in [-0.39, 0.29) is 6.10 Å². The molecule has 0 aromatic heterocycles. The van der Waals surface area contributed by atoms with Crippen molar-refractivity contribution in [1.82, 2.24) is 5.32 Å². The van der Waals surface area contributed by atoms with Gasteiger partial charge >= 0.3 is 0 Å². The number of hydrogen-bond donors (Lipinski definition) is 1. The lowest BCUT2D eigenvalue weighted by molar-refractivity contribution is 0.223. The standard InChI is InChI=1S/C16H27NO2/c1-5-7-10-17-12-14-8-9-15(19-13(3)4)16(11-14)18-6-2/h8-9,11,13,17H,5-7,10,12H2,1-4H3. The number of nitrogens with one attached hydrogen (secondary N) is 1. The van der Waals surface area contributed by atoms with Crippen LogP contribution in [0.1, 0.15) is 46.1 Å². The Morgan fingerprint density at radius 2 is 1.95 bits per heavy atom. The van der Waals surface area contributed by atoms with Crippen molar-refractivity contribution in [2.45, 2.75) is 53.2 Å². The van der Waals surface area contributed by atoms with E-state index < -0.39 is 0 Å². The molecule has 0 saturated heterocycles. The van der Waals surface area contributed by atoms with Gasteiger partial charge in [-0.15, -0.1) is 0 Å². The molecule has 1 N–H and O–H groups in total. The molecule has 0 radical (unpaired) electrons. The molecule has 3 nitrogen and oxygen atoms in total. The zero-order chi connectivity index (χ0) is 14.1. The van der Waals surface area contributed by atoms with Crippen molar-refractivity contribution in [2.24, 2.45) is 0 Å². The van der Waals surface area contributed by atoms with E-state index in [2.05, 4.69) is 24.4 Å². The van der Waals surface area contributed by atoms with Gasteiger partial charge in [-0.3, -0.25) is 0 Å². The van der Waals surface area contributed by atoms with E-state index in [1.807, 2.05) is 26.8 Å². The largest absolute Gasteiger partial charge is 0.490 e. The summed E-state index contributed by atoms with van der Waals surface area (Å²) in [5.41, 5.74) is 1.23. The Labute approximate surface area is 117 Å². The molecule has 1 rings (SSSR count). The molecule has 0 aliphatic rings. The summed E-state index contributed by atoms with van der Waals surface area (Å²) >= 11 is 0. The monoisotopic (exact) mass is 265 g/mol. The first kappa shape index (κ1) is 15.8. The van der Waals surface area contributed by atoms with E-state index in [1.165, 1.54) is 18.4 Å². The Morgan fingerprint density at radius 3 is 2.58 bits per heavy atom. The summed E-state index contributed by atoms with van der Waals surface area (Å²) in [5.74, 6) is 1.67. The van der Waals surface area contributed by atoms with E-state index in [4.69, 9.17) is 9.47 Å². The highest BCUT2D eigenvalue weighted by Gasteiger charge is 2.08. The minimum absolute atomic E-state index is 0.160. The van der Waals surface area contributed by atoms with Gasteiger partial charge in [0.15, 0.2) is 11.5 Å². The second-order valence-corrected chi connectivity index (χ2v) is 4.91. The van der Waals surface area contributed by atoms with Gasteiger partial charge in [-0.25, -0.2) is 0 Å². The highest BCUT2D eigenvalue weighted by molar-refractivity contribution is 5.43. The fourth-order valence-electron chi connectivity index (χ4n) is 1.82. The van der Waals surface area contributed by atoms with Crippen LogP contribution in [0.2, 0.25) is 0 Å². The maximum atomic E-state index is 5.75. The van der Waals surface area contributed by atoms with Gasteiger partial charge < -0.3 is 14.8 Å². The summed E-state index contributed by atoms with van der Waals surface area (Å²) in [7, 11) is 0. The number of benzene rings is 1. The quantitative estimate of drug-likeness (QED) is 0.690. The molecule has 0 aliphatic carbocycles. The first-order valence-corrected chi connectivity index (χ1v) is 7.30. The SMILES string of the molecule is CCCCNCc1ccc(OC(C)C)c(OCC)c1. The van der Waals surface area contributed by atoms with Crippen LogP contribution >= 0.6 is 0 Å². The van der Waals surface area contributed by atoms with Crippen LogP contribution in [-0.4, -0.2) is 19.3 Å². The van der Waals surface area contributed by atoms with E-state index >= 15 is 0 Å². The van der Waals surface area contributed by atoms with Crippen molar-refractivity contribution in [3.05, 3.63) is 23.8 Å². The molecule has 0 amide bonds. The van der Waals surface area contributed by atoms with Crippen molar-refractivity contribution in [1.29, 1.82) is 0 Å². The third kappa shape index (κ3) is 5.97. The first-order chi connectivity index (χ1) is 9.17. The van der Waals surface area contributed by atoms with Crippen LogP contribution in [0.25, 0.3) is 0 Å². The number of hydrogen-bond acceptors (Lipinski definition) is 3. The average Bonchev–Trinajstić information content (AvgIpc) is 2.37. The minimum atomic E-state index is 0.160. The molecule has 0 aliphatic heterocycles. The minimum Gasteiger partial charge on any atom is -0.490 e. The molecular formula is C16H27NO2. The van der Waals surface area contributed by atoms with Crippen LogP contribution in [0.15, 0.2) is 18.2 Å². The Hall–Kier alpha value is -1.22. The lowest BCUT2D eigenvalue weighted by Gasteiger charge is -2.15. The van der Waals surface area contributed by atoms with Crippen molar-refractivity contribution in [3.8, 4) is 11.5 Å². The van der Waals surface area contributed by atoms with E-state index in [0.717, 1.165) is 24.6 Å². The van der Waals surface area contributed by atoms with Gasteiger partial charge in [-0.05, 0) is 51.4 Å². The molecule has 0 unspecified atom stereocenters. The van der Waals surface area contributed by atoms with Crippen LogP contribution in [0.5, 0.6) is 11.5 Å². The van der Waals surface area contributed by atoms with Gasteiger partial charge in [0.05, 0.1) is 12.7 Å². The summed E-state index contributed by atoms with van der Waals surface area (Å²) in [6.07, 6.45) is 2.60. The van der Waals surface area contributed by atoms with Gasteiger partial charge in [0, 0.05) is 6.54 Å². The fraction of sp³-hybridized carbons (Fsp3) is 0.625. The van der Waals surface area contributed by atoms with Gasteiger partial charge in [0.1, 0.15) is 0 Å². The molecule has 0 spiro atoms. The van der Waals surface area contributed by atoms with Crippen LogP contribution in [0, 0.1) is 0 Å². The third-order valence-corrected chi connectivity index (χ3v) is 2.71. The van der Waals surface area contributed by atoms with Crippen molar-refractivity contribution in [2.75, 3.05) is 13.2 Å². The summed E-state index contributed by atoms with van der Waals surface area (Å²) < 4.78 is 11.4. The molecule has 0 bridgehead atoms. The predicted octanol–water partition coefficient (Wildman–Crippen LogP) is 3.76. The summed E-state index contributed by atoms with van der Waals surface area (Å²) in [4.78, 5) is 0. The van der Waals surface area contributed by atoms with E-state index in [0.29, 0.717) is 6.61 Å². The van der Waals surface area contributed by atoms with E-state index in [9.17, 15) is 0 Å². The molecule has 1 aromatic rings. The Bertz CT molecular complexity index is 364. The lowest BCUT2D eigenvalue weighted by Crippen LogP contribution is -2.14. The van der Waals surface area contributed by atoms with Gasteiger partial charge in [-0.1, -0.05) is 19.4 Å². The number of ether oxygens (including phenoxy) is 2. The van der Waals surface area contributed by atoms with E-state index in [1.54, 1.807) is 0 Å². The highest BCUT2D eigenvalue weighted by atomic mass is 16.5. The van der Waals surface area contributed by atoms with Crippen molar-refractivity contribution < 1.29 is 9.47 Å². The second-order valence-electron chi connectivity index (χ2n) is 4.91. The Kier molecular flexibility index (Phi) is 7.34. The highest BCUT2D eigenvalue weighted by Crippen LogP contribution is 2.29. The first-order valence-electron chi connectivity index (χ1n) is 7.30. The van der Waals surface area contributed by atoms with Crippen molar-refractivity contribution >= 4 is 0 Å². The molecule has 0 saturated carbocycles. The van der Waals surface area contributed by atoms with Crippen molar-refractivity contribution in [3.63, 3.8) is 0 Å². The predicted molar refractivity (Wildman–Crippen MR) is 80.0 cm³/mol. The summed E-state index contributed by atoms with van der Waals surface area (Å²) in [5, 5.41) is 3.44. The number of rotatable bonds is 9. The lowest BCUT2D eigenvalue weighted by atomic mass is 10.2. The topological polar surface area (TPSA) is 30.5 Å². The normalized spacial score (nSPS) is 10.8. The molecule has 1 aromatic carbocycles. The van der Waals surface area contributed by atoms with Crippen LogP contribution in [0.4, 0.5) is 0 Å². The molecule has 0 heterocycles. The zero-order valence-corrected chi connectivity index (χ0v) is 12.7. The summed E-state index contributed by atoms with van der Waals surface area (Å²) in [6.45, 7) is 10.8. The smallest absolute Gasteiger partial charge is 0.161 e. The van der Waals surface area contributed by atoms with Crippen LogP contribution in [-0.2, 0) is 6.54 Å². The fourth-order valence-corrected chi connectivity index (χ4v) is 1.82. The van der Waals surface area contributed by atoms with Gasteiger partial charge in [-0.2, -0.15) is 0 Å². The van der Waals surface area contributed by atoms with Crippen LogP contribution in [0.3, 0.4) is 0 Å². The molecule has 19 heavy (non-hydrogen) atoms. The number of unbranched alkanes of at least 4 members (excludes halogenated alkanes) is 1. The zero-order valence-electron chi connectivity index (χ0n) is 12.7.